The van der Waals surface area contributed by atoms with Gasteiger partial charge >= 0.3 is 0 Å². The number of para-hydroxylation sites is 2. The van der Waals surface area contributed by atoms with Gasteiger partial charge in [0, 0.05) is 18.5 Å². The molecule has 4 aromatic rings. The number of ether oxygens (including phenoxy) is 1. The maximum atomic E-state index is 12.3. The van der Waals surface area contributed by atoms with Crippen LogP contribution in [0.4, 0.5) is 0 Å². The average Bonchev–Trinajstić information content (AvgIpc) is 3.15. The Morgan fingerprint density at radius 2 is 1.84 bits per heavy atom. The molecule has 6 heteroatoms. The molecule has 0 saturated heterocycles. The first-order valence-corrected chi connectivity index (χ1v) is 10.7. The highest BCUT2D eigenvalue weighted by molar-refractivity contribution is 5.94. The summed E-state index contributed by atoms with van der Waals surface area (Å²) in [5.41, 5.74) is 3.55. The summed E-state index contributed by atoms with van der Waals surface area (Å²) in [6.07, 6.45) is -0.149. The van der Waals surface area contributed by atoms with E-state index in [-0.39, 0.29) is 12.5 Å². The number of imidazole rings is 1. The molecule has 0 fully saturated rings. The number of fused-ring (bicyclic) bond motifs is 1. The molecule has 6 nitrogen and oxygen atoms in total. The summed E-state index contributed by atoms with van der Waals surface area (Å²) in [4.78, 5) is 17.0. The second kappa shape index (κ2) is 10.1. The Bertz CT molecular complexity index is 1190. The van der Waals surface area contributed by atoms with Gasteiger partial charge in [-0.05, 0) is 48.9 Å². The number of rotatable bonds is 9. The number of carbonyl (C=O) groups is 1. The summed E-state index contributed by atoms with van der Waals surface area (Å²) in [7, 11) is 0. The van der Waals surface area contributed by atoms with Gasteiger partial charge in [0.05, 0.1) is 17.6 Å². The minimum absolute atomic E-state index is 0.111. The Morgan fingerprint density at radius 1 is 1.06 bits per heavy atom. The lowest BCUT2D eigenvalue weighted by atomic mass is 10.2. The van der Waals surface area contributed by atoms with Crippen molar-refractivity contribution in [1.82, 2.24) is 14.9 Å². The summed E-state index contributed by atoms with van der Waals surface area (Å²) in [6, 6.07) is 24.7. The molecule has 0 aliphatic rings. The van der Waals surface area contributed by atoms with E-state index >= 15 is 0 Å². The van der Waals surface area contributed by atoms with Gasteiger partial charge < -0.3 is 19.7 Å². The van der Waals surface area contributed by atoms with Gasteiger partial charge in [0.25, 0.3) is 5.91 Å². The van der Waals surface area contributed by atoms with E-state index in [1.165, 1.54) is 0 Å². The van der Waals surface area contributed by atoms with Crippen LogP contribution >= 0.6 is 0 Å². The van der Waals surface area contributed by atoms with Crippen LogP contribution in [0.25, 0.3) is 11.0 Å². The first-order valence-electron chi connectivity index (χ1n) is 10.7. The van der Waals surface area contributed by atoms with Crippen molar-refractivity contribution in [3.8, 4) is 5.75 Å². The van der Waals surface area contributed by atoms with Crippen molar-refractivity contribution in [3.05, 3.63) is 95.8 Å². The molecule has 0 spiro atoms. The molecule has 1 heterocycles. The molecular weight excluding hydrogens is 402 g/mol. The molecule has 0 aliphatic carbocycles. The molecule has 1 unspecified atom stereocenters. The van der Waals surface area contributed by atoms with Crippen LogP contribution in [-0.4, -0.2) is 39.8 Å². The average molecular weight is 430 g/mol. The van der Waals surface area contributed by atoms with E-state index in [4.69, 9.17) is 9.72 Å². The van der Waals surface area contributed by atoms with Gasteiger partial charge in [-0.3, -0.25) is 4.79 Å². The fraction of sp³-hybridized carbons (Fsp3) is 0.231. The van der Waals surface area contributed by atoms with E-state index in [9.17, 15) is 9.90 Å². The van der Waals surface area contributed by atoms with Crippen molar-refractivity contribution in [3.63, 3.8) is 0 Å². The Labute approximate surface area is 187 Å². The number of hydrogen-bond acceptors (Lipinski definition) is 4. The normalized spacial score (nSPS) is 11.9. The minimum Gasteiger partial charge on any atom is -0.491 e. The second-order valence-electron chi connectivity index (χ2n) is 7.78. The summed E-state index contributed by atoms with van der Waals surface area (Å²) in [5.74, 6) is 1.44. The van der Waals surface area contributed by atoms with Crippen molar-refractivity contribution in [2.24, 2.45) is 0 Å². The standard InChI is InChI=1S/C26H27N3O3/c1-19-8-7-11-22(16-19)32-18-21(30)17-29-24-13-6-5-12-23(24)28-25(29)14-15-27-26(31)20-9-3-2-4-10-20/h2-13,16,21,30H,14-15,17-18H2,1H3,(H,27,31). The monoisotopic (exact) mass is 429 g/mol. The third-order valence-electron chi connectivity index (χ3n) is 5.23. The van der Waals surface area contributed by atoms with Crippen LogP contribution in [0.2, 0.25) is 0 Å². The summed E-state index contributed by atoms with van der Waals surface area (Å²) in [5, 5.41) is 13.6. The van der Waals surface area contributed by atoms with Crippen LogP contribution in [-0.2, 0) is 13.0 Å². The fourth-order valence-electron chi connectivity index (χ4n) is 3.66. The summed E-state index contributed by atoms with van der Waals surface area (Å²) >= 11 is 0. The van der Waals surface area contributed by atoms with Crippen molar-refractivity contribution >= 4 is 16.9 Å². The number of carbonyl (C=O) groups excluding carboxylic acids is 1. The number of nitrogens with zero attached hydrogens (tertiary/aromatic N) is 2. The molecule has 1 aromatic heterocycles. The fourth-order valence-corrected chi connectivity index (χ4v) is 3.66. The highest BCUT2D eigenvalue weighted by Crippen LogP contribution is 2.18. The van der Waals surface area contributed by atoms with E-state index in [2.05, 4.69) is 5.32 Å². The van der Waals surface area contributed by atoms with Crippen LogP contribution in [0, 0.1) is 6.92 Å². The molecule has 0 radical (unpaired) electrons. The SMILES string of the molecule is Cc1cccc(OCC(O)Cn2c(CCNC(=O)c3ccccc3)nc3ccccc32)c1. The van der Waals surface area contributed by atoms with Gasteiger partial charge in [0.15, 0.2) is 0 Å². The van der Waals surface area contributed by atoms with Crippen molar-refractivity contribution in [2.75, 3.05) is 13.2 Å². The van der Waals surface area contributed by atoms with Gasteiger partial charge in [0.2, 0.25) is 0 Å². The van der Waals surface area contributed by atoms with Gasteiger partial charge in [-0.15, -0.1) is 0 Å². The van der Waals surface area contributed by atoms with E-state index in [1.807, 2.05) is 78.2 Å². The number of hydrogen-bond donors (Lipinski definition) is 2. The second-order valence-corrected chi connectivity index (χ2v) is 7.78. The lowest BCUT2D eigenvalue weighted by Crippen LogP contribution is -2.28. The van der Waals surface area contributed by atoms with Crippen molar-refractivity contribution in [1.29, 1.82) is 0 Å². The molecule has 4 rings (SSSR count). The predicted molar refractivity (Wildman–Crippen MR) is 125 cm³/mol. The number of aryl methyl sites for hydroxylation is 1. The Kier molecular flexibility index (Phi) is 6.82. The summed E-state index contributed by atoms with van der Waals surface area (Å²) in [6.45, 7) is 2.99. The molecule has 32 heavy (non-hydrogen) atoms. The van der Waals surface area contributed by atoms with Gasteiger partial charge in [-0.1, -0.05) is 42.5 Å². The molecule has 0 saturated carbocycles. The number of benzene rings is 3. The number of aliphatic hydroxyl groups excluding tert-OH is 1. The molecule has 1 atom stereocenters. The van der Waals surface area contributed by atoms with Gasteiger partial charge in [-0.2, -0.15) is 0 Å². The zero-order valence-electron chi connectivity index (χ0n) is 18.1. The van der Waals surface area contributed by atoms with E-state index < -0.39 is 6.10 Å². The lowest BCUT2D eigenvalue weighted by Gasteiger charge is -2.16. The maximum absolute atomic E-state index is 12.3. The number of nitrogens with one attached hydrogen (secondary N) is 1. The largest absolute Gasteiger partial charge is 0.491 e. The molecule has 0 aliphatic heterocycles. The smallest absolute Gasteiger partial charge is 0.251 e. The van der Waals surface area contributed by atoms with E-state index in [0.29, 0.717) is 25.1 Å². The molecular formula is C26H27N3O3. The van der Waals surface area contributed by atoms with Crippen molar-refractivity contribution < 1.29 is 14.6 Å². The Balaban J connectivity index is 1.42. The molecule has 164 valence electrons. The topological polar surface area (TPSA) is 76.4 Å². The number of aliphatic hydroxyl groups is 1. The number of amides is 1. The van der Waals surface area contributed by atoms with E-state index in [1.54, 1.807) is 12.1 Å². The van der Waals surface area contributed by atoms with Crippen molar-refractivity contribution in [2.45, 2.75) is 26.0 Å². The van der Waals surface area contributed by atoms with E-state index in [0.717, 1.165) is 28.2 Å². The maximum Gasteiger partial charge on any atom is 0.251 e. The molecule has 3 aromatic carbocycles. The molecule has 2 N–H and O–H groups in total. The molecule has 0 bridgehead atoms. The van der Waals surface area contributed by atoms with Crippen LogP contribution in [0.15, 0.2) is 78.9 Å². The van der Waals surface area contributed by atoms with Gasteiger partial charge in [0.1, 0.15) is 24.3 Å². The zero-order valence-corrected chi connectivity index (χ0v) is 18.1. The number of aromatic nitrogens is 2. The lowest BCUT2D eigenvalue weighted by molar-refractivity contribution is 0.0922. The Hall–Kier alpha value is -3.64. The summed E-state index contributed by atoms with van der Waals surface area (Å²) < 4.78 is 7.78. The van der Waals surface area contributed by atoms with Crippen LogP contribution in [0.5, 0.6) is 5.75 Å². The highest BCUT2D eigenvalue weighted by Gasteiger charge is 2.15. The van der Waals surface area contributed by atoms with Crippen LogP contribution < -0.4 is 10.1 Å². The minimum atomic E-state index is -0.703. The third kappa shape index (κ3) is 5.34. The highest BCUT2D eigenvalue weighted by atomic mass is 16.5. The van der Waals surface area contributed by atoms with Crippen LogP contribution in [0.1, 0.15) is 21.7 Å². The third-order valence-corrected chi connectivity index (χ3v) is 5.23. The first-order chi connectivity index (χ1) is 15.6. The van der Waals surface area contributed by atoms with Crippen LogP contribution in [0.3, 0.4) is 0 Å². The Morgan fingerprint density at radius 3 is 2.66 bits per heavy atom. The quantitative estimate of drug-likeness (QED) is 0.425. The zero-order chi connectivity index (χ0) is 22.3. The first kappa shape index (κ1) is 21.6. The van der Waals surface area contributed by atoms with Gasteiger partial charge in [-0.25, -0.2) is 4.98 Å². The predicted octanol–water partition coefficient (Wildman–Crippen LogP) is 3.76. The molecule has 1 amide bonds.